The maximum Gasteiger partial charge on any atom is 0.193 e. The SMILES string of the molecule is C[C@]12CCC(=O)C=C1CCC1C2CC[C@@]2(C)C1CC1OCC(=O)[C@@]12O. The quantitative estimate of drug-likeness (QED) is 0.734. The first-order valence-electron chi connectivity index (χ1n) is 9.92. The summed E-state index contributed by atoms with van der Waals surface area (Å²) in [6, 6.07) is 0. The van der Waals surface area contributed by atoms with Crippen LogP contribution in [0.4, 0.5) is 0 Å². The second-order valence-corrected chi connectivity index (χ2v) is 9.65. The van der Waals surface area contributed by atoms with Crippen molar-refractivity contribution in [3.05, 3.63) is 11.6 Å². The number of fused-ring (bicyclic) bond motifs is 7. The van der Waals surface area contributed by atoms with Crippen molar-refractivity contribution in [2.75, 3.05) is 6.61 Å². The van der Waals surface area contributed by atoms with E-state index < -0.39 is 5.60 Å². The van der Waals surface area contributed by atoms with E-state index in [4.69, 9.17) is 4.74 Å². The summed E-state index contributed by atoms with van der Waals surface area (Å²) >= 11 is 0. The third kappa shape index (κ3) is 1.76. The Morgan fingerprint density at radius 3 is 2.72 bits per heavy atom. The highest BCUT2D eigenvalue weighted by molar-refractivity contribution is 5.92. The predicted molar refractivity (Wildman–Crippen MR) is 91.8 cm³/mol. The molecule has 0 aromatic rings. The van der Waals surface area contributed by atoms with E-state index in [-0.39, 0.29) is 35.1 Å². The lowest BCUT2D eigenvalue weighted by Gasteiger charge is -2.58. The Labute approximate surface area is 149 Å². The molecule has 0 radical (unpaired) electrons. The van der Waals surface area contributed by atoms with E-state index in [0.29, 0.717) is 24.2 Å². The van der Waals surface area contributed by atoms with Gasteiger partial charge < -0.3 is 9.84 Å². The molecular formula is C21H28O4. The van der Waals surface area contributed by atoms with Crippen molar-refractivity contribution in [3.63, 3.8) is 0 Å². The molecule has 7 atom stereocenters. The van der Waals surface area contributed by atoms with Crippen LogP contribution >= 0.6 is 0 Å². The smallest absolute Gasteiger partial charge is 0.193 e. The second-order valence-electron chi connectivity index (χ2n) is 9.65. The first-order chi connectivity index (χ1) is 11.8. The lowest BCUT2D eigenvalue weighted by Crippen LogP contribution is -2.58. The van der Waals surface area contributed by atoms with Crippen molar-refractivity contribution >= 4 is 11.6 Å². The Hall–Kier alpha value is -1.00. The van der Waals surface area contributed by atoms with E-state index in [1.165, 1.54) is 5.57 Å². The van der Waals surface area contributed by atoms with Gasteiger partial charge in [-0.3, -0.25) is 9.59 Å². The summed E-state index contributed by atoms with van der Waals surface area (Å²) < 4.78 is 5.72. The average Bonchev–Trinajstić information content (AvgIpc) is 2.99. The highest BCUT2D eigenvalue weighted by Gasteiger charge is 2.72. The summed E-state index contributed by atoms with van der Waals surface area (Å²) in [5.41, 5.74) is -0.141. The zero-order valence-corrected chi connectivity index (χ0v) is 15.2. The van der Waals surface area contributed by atoms with E-state index in [1.54, 1.807) is 0 Å². The minimum absolute atomic E-state index is 0.0737. The van der Waals surface area contributed by atoms with Gasteiger partial charge in [0.2, 0.25) is 0 Å². The van der Waals surface area contributed by atoms with Crippen molar-refractivity contribution in [3.8, 4) is 0 Å². The molecule has 4 fully saturated rings. The second kappa shape index (κ2) is 4.83. The molecule has 3 saturated carbocycles. The summed E-state index contributed by atoms with van der Waals surface area (Å²) in [4.78, 5) is 24.4. The van der Waals surface area contributed by atoms with Gasteiger partial charge in [0.1, 0.15) is 6.61 Å². The molecular weight excluding hydrogens is 316 g/mol. The van der Waals surface area contributed by atoms with Crippen molar-refractivity contribution in [2.24, 2.45) is 28.6 Å². The van der Waals surface area contributed by atoms with Gasteiger partial charge in [0.25, 0.3) is 0 Å². The van der Waals surface area contributed by atoms with Crippen LogP contribution in [0.15, 0.2) is 11.6 Å². The molecule has 1 N–H and O–H groups in total. The molecule has 4 nitrogen and oxygen atoms in total. The average molecular weight is 344 g/mol. The van der Waals surface area contributed by atoms with Gasteiger partial charge in [-0.05, 0) is 67.8 Å². The predicted octanol–water partition coefficient (Wildman–Crippen LogP) is 2.83. The van der Waals surface area contributed by atoms with Crippen molar-refractivity contribution in [1.82, 2.24) is 0 Å². The van der Waals surface area contributed by atoms with E-state index >= 15 is 0 Å². The van der Waals surface area contributed by atoms with Gasteiger partial charge in [-0.2, -0.15) is 0 Å². The molecule has 1 saturated heterocycles. The van der Waals surface area contributed by atoms with Crippen LogP contribution in [0.1, 0.15) is 58.8 Å². The molecule has 1 heterocycles. The number of allylic oxidation sites excluding steroid dienone is 1. The minimum Gasteiger partial charge on any atom is -0.379 e. The molecule has 136 valence electrons. The first-order valence-corrected chi connectivity index (χ1v) is 9.92. The number of ether oxygens (including phenoxy) is 1. The number of hydrogen-bond acceptors (Lipinski definition) is 4. The summed E-state index contributed by atoms with van der Waals surface area (Å²) in [5.74, 6) is 1.62. The van der Waals surface area contributed by atoms with Crippen LogP contribution < -0.4 is 0 Å². The number of carbonyl (C=O) groups is 2. The van der Waals surface area contributed by atoms with Gasteiger partial charge in [-0.25, -0.2) is 0 Å². The van der Waals surface area contributed by atoms with Gasteiger partial charge in [0, 0.05) is 11.8 Å². The number of carbonyl (C=O) groups excluding carboxylic acids is 2. The standard InChI is InChI=1S/C21H28O4/c1-19-7-5-13(22)9-12(19)3-4-14-15(19)6-8-20(2)16(14)10-18-21(20,24)17(23)11-25-18/h9,14-16,18,24H,3-8,10-11H2,1-2H3/t14?,15?,16?,18?,19-,20-,21+/m0/s1. The molecule has 5 aliphatic rings. The third-order valence-corrected chi connectivity index (χ3v) is 9.00. The fourth-order valence-corrected chi connectivity index (χ4v) is 7.53. The molecule has 0 aromatic carbocycles. The Morgan fingerprint density at radius 1 is 1.12 bits per heavy atom. The summed E-state index contributed by atoms with van der Waals surface area (Å²) in [6.07, 6.45) is 8.06. The number of aliphatic hydroxyl groups is 1. The molecule has 1 aliphatic heterocycles. The molecule has 4 unspecified atom stereocenters. The highest BCUT2D eigenvalue weighted by Crippen LogP contribution is 2.68. The topological polar surface area (TPSA) is 63.6 Å². The number of ketones is 2. The van der Waals surface area contributed by atoms with E-state index in [0.717, 1.165) is 38.5 Å². The summed E-state index contributed by atoms with van der Waals surface area (Å²) in [5, 5.41) is 11.3. The van der Waals surface area contributed by atoms with Gasteiger partial charge >= 0.3 is 0 Å². The minimum atomic E-state index is -1.28. The maximum atomic E-state index is 12.5. The molecule has 0 spiro atoms. The van der Waals surface area contributed by atoms with Crippen molar-refractivity contribution in [1.29, 1.82) is 0 Å². The van der Waals surface area contributed by atoms with Crippen molar-refractivity contribution < 1.29 is 19.4 Å². The van der Waals surface area contributed by atoms with E-state index in [9.17, 15) is 14.7 Å². The molecule has 0 amide bonds. The van der Waals surface area contributed by atoms with Crippen LogP contribution in [0.25, 0.3) is 0 Å². The number of rotatable bonds is 0. The van der Waals surface area contributed by atoms with E-state index in [2.05, 4.69) is 13.8 Å². The normalized spacial score (nSPS) is 54.4. The number of Topliss-reactive ketones (excluding diaryl/α,β-unsaturated/α-hetero) is 1. The molecule has 25 heavy (non-hydrogen) atoms. The first kappa shape index (κ1) is 16.2. The zero-order chi connectivity index (χ0) is 17.6. The van der Waals surface area contributed by atoms with Gasteiger partial charge in [0.05, 0.1) is 6.10 Å². The fourth-order valence-electron chi connectivity index (χ4n) is 7.53. The molecule has 4 aliphatic carbocycles. The zero-order valence-electron chi connectivity index (χ0n) is 15.2. The Kier molecular flexibility index (Phi) is 3.13. The Bertz CT molecular complexity index is 696. The van der Waals surface area contributed by atoms with Crippen LogP contribution in [0.5, 0.6) is 0 Å². The van der Waals surface area contributed by atoms with Gasteiger partial charge in [-0.1, -0.05) is 19.4 Å². The highest BCUT2D eigenvalue weighted by atomic mass is 16.5. The molecule has 0 bridgehead atoms. The van der Waals surface area contributed by atoms with E-state index in [1.807, 2.05) is 6.08 Å². The molecule has 4 heteroatoms. The largest absolute Gasteiger partial charge is 0.379 e. The van der Waals surface area contributed by atoms with Crippen LogP contribution in [-0.4, -0.2) is 35.0 Å². The molecule has 0 aromatic heterocycles. The number of hydrogen-bond donors (Lipinski definition) is 1. The lowest BCUT2D eigenvalue weighted by molar-refractivity contribution is -0.159. The summed E-state index contributed by atoms with van der Waals surface area (Å²) in [6.45, 7) is 4.57. The lowest BCUT2D eigenvalue weighted by atomic mass is 9.46. The van der Waals surface area contributed by atoms with Gasteiger partial charge in [0.15, 0.2) is 17.2 Å². The Balaban J connectivity index is 1.53. The fraction of sp³-hybridized carbons (Fsp3) is 0.810. The maximum absolute atomic E-state index is 12.5. The Morgan fingerprint density at radius 2 is 1.92 bits per heavy atom. The monoisotopic (exact) mass is 344 g/mol. The summed E-state index contributed by atoms with van der Waals surface area (Å²) in [7, 11) is 0. The van der Waals surface area contributed by atoms with Crippen LogP contribution in [0.2, 0.25) is 0 Å². The van der Waals surface area contributed by atoms with Gasteiger partial charge in [-0.15, -0.1) is 0 Å². The molecule has 5 rings (SSSR count). The van der Waals surface area contributed by atoms with Crippen LogP contribution in [-0.2, 0) is 14.3 Å². The third-order valence-electron chi connectivity index (χ3n) is 9.00. The van der Waals surface area contributed by atoms with Crippen LogP contribution in [0, 0.1) is 28.6 Å². The van der Waals surface area contributed by atoms with Crippen LogP contribution in [0.3, 0.4) is 0 Å². The van der Waals surface area contributed by atoms with Crippen molar-refractivity contribution in [2.45, 2.75) is 70.5 Å².